The summed E-state index contributed by atoms with van der Waals surface area (Å²) in [7, 11) is 0. The van der Waals surface area contributed by atoms with Crippen molar-refractivity contribution in [2.24, 2.45) is 0 Å². The first-order valence-electron chi connectivity index (χ1n) is 25.4. The molecule has 2 aliphatic carbocycles. The van der Waals surface area contributed by atoms with E-state index >= 15 is 0 Å². The zero-order valence-corrected chi connectivity index (χ0v) is 34.9. The van der Waals surface area contributed by atoms with Gasteiger partial charge in [0.05, 0.1) is 19.7 Å². The second-order valence-corrected chi connectivity index (χ2v) is 16.5. The minimum Gasteiger partial charge on any atom is -0.334 e. The Hall–Kier alpha value is -8.00. The second kappa shape index (κ2) is 15.7. The maximum Gasteiger partial charge on any atom is 0.0714 e. The van der Waals surface area contributed by atoms with Crippen molar-refractivity contribution < 1.29 is 9.60 Å². The van der Waals surface area contributed by atoms with Gasteiger partial charge in [0.2, 0.25) is 0 Å². The summed E-state index contributed by atoms with van der Waals surface area (Å²) in [6, 6.07) is 69.7. The van der Waals surface area contributed by atoms with Crippen LogP contribution in [0.2, 0.25) is 0 Å². The minimum absolute atomic E-state index is 0.0297. The fourth-order valence-corrected chi connectivity index (χ4v) is 9.99. The van der Waals surface area contributed by atoms with Gasteiger partial charge in [-0.3, -0.25) is 0 Å². The van der Waals surface area contributed by atoms with Crippen LogP contribution >= 0.6 is 0 Å². The number of rotatable bonds is 8. The second-order valence-electron chi connectivity index (χ2n) is 16.5. The molecule has 2 aliphatic rings. The maximum absolute atomic E-state index is 10.7. The van der Waals surface area contributed by atoms with Gasteiger partial charge in [-0.15, -0.1) is 0 Å². The fourth-order valence-electron chi connectivity index (χ4n) is 9.99. The molecule has 10 aromatic carbocycles. The van der Waals surface area contributed by atoms with Crippen LogP contribution < -0.4 is 4.90 Å². The predicted molar refractivity (Wildman–Crippen MR) is 270 cm³/mol. The van der Waals surface area contributed by atoms with Gasteiger partial charge in [-0.05, 0) is 131 Å². The summed E-state index contributed by atoms with van der Waals surface area (Å²) in [6.07, 6.45) is -1.45. The monoisotopic (exact) mass is 822 g/mol. The number of benzene rings is 10. The van der Waals surface area contributed by atoms with Gasteiger partial charge in [-0.1, -0.05) is 218 Å². The molecule has 10 aromatic rings. The molecule has 1 nitrogen and oxygen atoms in total. The lowest BCUT2D eigenvalue weighted by atomic mass is 9.67. The molecule has 0 radical (unpaired) electrons. The van der Waals surface area contributed by atoms with E-state index in [1.807, 2.05) is 188 Å². The Bertz CT molecular complexity index is 3750. The van der Waals surface area contributed by atoms with Crippen LogP contribution in [0.3, 0.4) is 0 Å². The Morgan fingerprint density at radius 2 is 1.05 bits per heavy atom. The van der Waals surface area contributed by atoms with E-state index in [0.29, 0.717) is 22.4 Å². The molecule has 12 rings (SSSR count). The molecule has 0 fully saturated rings. The summed E-state index contributed by atoms with van der Waals surface area (Å²) in [5, 5.41) is 3.70. The van der Waals surface area contributed by atoms with E-state index in [9.17, 15) is 9.60 Å². The predicted octanol–water partition coefficient (Wildman–Crippen LogP) is 16.2. The highest BCUT2D eigenvalue weighted by atomic mass is 15.2. The first-order chi connectivity index (χ1) is 34.7. The number of fused-ring (bicyclic) bond motifs is 6. The molecule has 2 atom stereocenters. The van der Waals surface area contributed by atoms with Crippen LogP contribution in [0.4, 0.5) is 11.4 Å². The highest BCUT2D eigenvalue weighted by molar-refractivity contribution is 6.12. The van der Waals surface area contributed by atoms with Crippen molar-refractivity contribution in [2.75, 3.05) is 4.90 Å². The smallest absolute Gasteiger partial charge is 0.0714 e. The number of hydrogen-bond donors (Lipinski definition) is 0. The minimum atomic E-state index is -1.45. The molecule has 0 amide bonds. The summed E-state index contributed by atoms with van der Waals surface area (Å²) in [6.45, 7) is 0. The average molecular weight is 823 g/mol. The van der Waals surface area contributed by atoms with E-state index in [1.54, 1.807) is 4.90 Å². The van der Waals surface area contributed by atoms with Crippen LogP contribution in [0.25, 0.3) is 60.5 Å². The number of hydrogen-bond acceptors (Lipinski definition) is 1. The van der Waals surface area contributed by atoms with Gasteiger partial charge in [0.15, 0.2) is 0 Å². The van der Waals surface area contributed by atoms with Crippen molar-refractivity contribution in [3.8, 4) is 33.4 Å². The maximum atomic E-state index is 10.7. The topological polar surface area (TPSA) is 3.24 Å². The molecule has 1 heteroatoms. The molecule has 0 heterocycles. The van der Waals surface area contributed by atoms with Crippen LogP contribution in [0.15, 0.2) is 255 Å². The van der Waals surface area contributed by atoms with Crippen LogP contribution in [-0.2, 0) is 5.41 Å². The van der Waals surface area contributed by atoms with Crippen molar-refractivity contribution in [2.45, 2.75) is 17.9 Å². The third-order valence-corrected chi connectivity index (χ3v) is 12.9. The van der Waals surface area contributed by atoms with Gasteiger partial charge in [0, 0.05) is 12.7 Å². The molecule has 0 bridgehead atoms. The molecule has 0 aliphatic heterocycles. The Morgan fingerprint density at radius 1 is 0.453 bits per heavy atom. The Morgan fingerprint density at radius 3 is 1.78 bits per heavy atom. The zero-order chi connectivity index (χ0) is 48.5. The molecular weight excluding hydrogens is 771 g/mol. The van der Waals surface area contributed by atoms with E-state index in [2.05, 4.69) is 30.3 Å². The number of nitrogens with zero attached hydrogens (tertiary/aromatic N) is 1. The first kappa shape index (κ1) is 30.9. The summed E-state index contributed by atoms with van der Waals surface area (Å²) in [5.74, 6) is 0. The molecule has 64 heavy (non-hydrogen) atoms. The van der Waals surface area contributed by atoms with Crippen molar-refractivity contribution in [3.63, 3.8) is 0 Å². The third-order valence-electron chi connectivity index (χ3n) is 12.9. The van der Waals surface area contributed by atoms with E-state index in [0.717, 1.165) is 66.1 Å². The summed E-state index contributed by atoms with van der Waals surface area (Å²) in [5.41, 5.74) is 8.65. The lowest BCUT2D eigenvalue weighted by molar-refractivity contribution is 0.761. The van der Waals surface area contributed by atoms with Crippen LogP contribution in [0, 0.1) is 0 Å². The first-order valence-corrected chi connectivity index (χ1v) is 21.8. The molecule has 0 saturated carbocycles. The largest absolute Gasteiger partial charge is 0.334 e. The Kier molecular flexibility index (Phi) is 7.60. The van der Waals surface area contributed by atoms with Gasteiger partial charge >= 0.3 is 0 Å². The Labute approximate surface area is 385 Å². The standard InChI is InChI=1S/C63H45N/c1-4-17-44(18-5-1)47-20-16-21-48(41-47)45-31-35-52(36-32-45)64(53-37-33-46(34-38-53)60-42-49-19-10-11-26-55(49)56-27-12-13-28-57(56)60)54-39-40-59-58-29-14-15-30-61(58)63(62(59)43-54,50-22-6-2-7-23-50)51-24-8-3-9-25-51/h1-37,39-43,53H,38H2/i33D,34D,37D,38D,39D,40D,43D. The van der Waals surface area contributed by atoms with E-state index in [1.165, 1.54) is 0 Å². The van der Waals surface area contributed by atoms with Gasteiger partial charge in [-0.25, -0.2) is 0 Å². The molecule has 302 valence electrons. The zero-order valence-electron chi connectivity index (χ0n) is 41.9. The van der Waals surface area contributed by atoms with Gasteiger partial charge < -0.3 is 4.90 Å². The quantitative estimate of drug-likeness (QED) is 0.138. The van der Waals surface area contributed by atoms with Crippen LogP contribution in [0.1, 0.15) is 43.8 Å². The molecule has 0 N–H and O–H groups in total. The summed E-state index contributed by atoms with van der Waals surface area (Å²) < 4.78 is 70.7. The van der Waals surface area contributed by atoms with Crippen molar-refractivity contribution in [1.29, 1.82) is 0 Å². The summed E-state index contributed by atoms with van der Waals surface area (Å²) >= 11 is 0. The lowest BCUT2D eigenvalue weighted by Gasteiger charge is -2.36. The lowest BCUT2D eigenvalue weighted by Crippen LogP contribution is -2.31. The molecule has 0 saturated heterocycles. The van der Waals surface area contributed by atoms with Gasteiger partial charge in [0.1, 0.15) is 0 Å². The van der Waals surface area contributed by atoms with E-state index in [-0.39, 0.29) is 47.5 Å². The highest BCUT2D eigenvalue weighted by Crippen LogP contribution is 2.57. The molecule has 0 spiro atoms. The number of anilines is 2. The average Bonchev–Trinajstić information content (AvgIpc) is 3.75. The van der Waals surface area contributed by atoms with Crippen LogP contribution in [-0.4, -0.2) is 6.04 Å². The Balaban J connectivity index is 1.11. The van der Waals surface area contributed by atoms with Crippen molar-refractivity contribution in [3.05, 3.63) is 282 Å². The van der Waals surface area contributed by atoms with Crippen molar-refractivity contribution >= 4 is 38.5 Å². The molecular formula is C63H45N. The van der Waals surface area contributed by atoms with E-state index < -0.39 is 17.9 Å². The number of allylic oxidation sites excluding steroid dienone is 2. The third kappa shape index (κ3) is 6.23. The van der Waals surface area contributed by atoms with Gasteiger partial charge in [-0.2, -0.15) is 0 Å². The highest BCUT2D eigenvalue weighted by Gasteiger charge is 2.46. The normalized spacial score (nSPS) is 18.0. The van der Waals surface area contributed by atoms with Crippen LogP contribution in [0.5, 0.6) is 0 Å². The molecule has 2 unspecified atom stereocenters. The summed E-state index contributed by atoms with van der Waals surface area (Å²) in [4.78, 5) is 1.65. The molecule has 0 aromatic heterocycles. The SMILES string of the molecule is [2H]C1=C([2H])C(N(c2ccc(-c3cccc(-c4ccccc4)c3)cc2)c2c([2H])c([2H])c3c(c2[2H])C(c2ccccc2)(c2ccccc2)c2ccccc2-3)C([2H])C([2H])=C1c1cc2ccccc2c2ccccc12. The van der Waals surface area contributed by atoms with E-state index in [4.69, 9.17) is 0 Å². The fraction of sp³-hybridized carbons (Fsp3) is 0.0476. The van der Waals surface area contributed by atoms with Crippen molar-refractivity contribution in [1.82, 2.24) is 0 Å². The van der Waals surface area contributed by atoms with Gasteiger partial charge in [0.25, 0.3) is 0 Å².